The van der Waals surface area contributed by atoms with Crippen molar-refractivity contribution in [3.8, 4) is 6.07 Å². The van der Waals surface area contributed by atoms with Crippen molar-refractivity contribution in [3.05, 3.63) is 24.5 Å². The van der Waals surface area contributed by atoms with Gasteiger partial charge in [0.15, 0.2) is 5.41 Å². The molecule has 0 N–H and O–H groups in total. The third-order valence-electron chi connectivity index (χ3n) is 1.88. The molecule has 0 aromatic carbocycles. The molecule has 0 saturated heterocycles. The average Bonchev–Trinajstić information content (AvgIpc) is 2.22. The lowest BCUT2D eigenvalue weighted by Gasteiger charge is -2.17. The number of ether oxygens (including phenoxy) is 1. The van der Waals surface area contributed by atoms with E-state index in [1.807, 2.05) is 6.07 Å². The van der Waals surface area contributed by atoms with Gasteiger partial charge < -0.3 is 4.74 Å². The Morgan fingerprint density at radius 1 is 1.50 bits per heavy atom. The number of allylic oxidation sites excluding steroid dienone is 2. The Morgan fingerprint density at radius 3 is 2.50 bits per heavy atom. The number of esters is 1. The van der Waals surface area contributed by atoms with Gasteiger partial charge in [-0.15, -0.1) is 0 Å². The Balaban J connectivity index is 4.82. The molecule has 1 unspecified atom stereocenters. The van der Waals surface area contributed by atoms with Crippen molar-refractivity contribution >= 4 is 5.97 Å². The summed E-state index contributed by atoms with van der Waals surface area (Å²) in [5, 5.41) is 8.95. The van der Waals surface area contributed by atoms with Gasteiger partial charge in [0.25, 0.3) is 0 Å². The smallest absolute Gasteiger partial charge is 0.335 e. The molecule has 0 heterocycles. The molecular weight excluding hydrogens is 178 g/mol. The first kappa shape index (κ1) is 12.4. The maximum atomic E-state index is 11.5. The van der Waals surface area contributed by atoms with Gasteiger partial charge in [0.1, 0.15) is 0 Å². The van der Waals surface area contributed by atoms with E-state index in [1.54, 1.807) is 39.0 Å². The summed E-state index contributed by atoms with van der Waals surface area (Å²) in [6, 6.07) is 1.98. The van der Waals surface area contributed by atoms with E-state index in [2.05, 4.69) is 0 Å². The molecule has 0 saturated carbocycles. The number of nitrogens with zero attached hydrogens (tertiary/aromatic N) is 1. The van der Waals surface area contributed by atoms with E-state index in [1.165, 1.54) is 6.26 Å². The molecule has 1 atom stereocenters. The quantitative estimate of drug-likeness (QED) is 0.391. The second-order valence-electron chi connectivity index (χ2n) is 2.81. The minimum Gasteiger partial charge on any atom is -0.433 e. The zero-order valence-electron chi connectivity index (χ0n) is 8.78. The standard InChI is InChI=1S/C11H15NO2/c1-4-7-11(6-3,9-12)10(13)14-8-5-2/h4-5,7-8H,6H2,1-3H3. The van der Waals surface area contributed by atoms with Crippen LogP contribution in [0.15, 0.2) is 24.5 Å². The number of carbonyl (C=O) groups excluding carboxylic acids is 1. The van der Waals surface area contributed by atoms with E-state index in [4.69, 9.17) is 10.00 Å². The highest BCUT2D eigenvalue weighted by molar-refractivity contribution is 5.82. The molecule has 0 bridgehead atoms. The molecule has 0 aromatic rings. The third kappa shape index (κ3) is 2.74. The molecular formula is C11H15NO2. The van der Waals surface area contributed by atoms with Gasteiger partial charge in [-0.25, -0.2) is 4.79 Å². The third-order valence-corrected chi connectivity index (χ3v) is 1.88. The van der Waals surface area contributed by atoms with Crippen LogP contribution in [0.3, 0.4) is 0 Å². The van der Waals surface area contributed by atoms with Crippen molar-refractivity contribution in [1.29, 1.82) is 5.26 Å². The fourth-order valence-electron chi connectivity index (χ4n) is 1.01. The number of carbonyl (C=O) groups is 1. The SMILES string of the molecule is CC=COC(=O)C(C#N)(C=CC)CC. The van der Waals surface area contributed by atoms with Crippen LogP contribution >= 0.6 is 0 Å². The second-order valence-corrected chi connectivity index (χ2v) is 2.81. The van der Waals surface area contributed by atoms with Crippen LogP contribution in [0.2, 0.25) is 0 Å². The molecule has 76 valence electrons. The number of rotatable bonds is 4. The Kier molecular flexibility index (Phi) is 5.31. The summed E-state index contributed by atoms with van der Waals surface area (Å²) in [7, 11) is 0. The zero-order chi connectivity index (χ0) is 11.0. The molecule has 0 rings (SSSR count). The first-order chi connectivity index (χ1) is 6.66. The van der Waals surface area contributed by atoms with Crippen molar-refractivity contribution < 1.29 is 9.53 Å². The average molecular weight is 193 g/mol. The van der Waals surface area contributed by atoms with Gasteiger partial charge in [-0.05, 0) is 20.3 Å². The van der Waals surface area contributed by atoms with Crippen molar-refractivity contribution in [3.63, 3.8) is 0 Å². The van der Waals surface area contributed by atoms with Crippen LogP contribution in [0.4, 0.5) is 0 Å². The first-order valence-electron chi connectivity index (χ1n) is 4.54. The Morgan fingerprint density at radius 2 is 2.14 bits per heavy atom. The van der Waals surface area contributed by atoms with Crippen LogP contribution < -0.4 is 0 Å². The summed E-state index contributed by atoms with van der Waals surface area (Å²) in [5.41, 5.74) is -1.14. The summed E-state index contributed by atoms with van der Waals surface area (Å²) in [6.45, 7) is 5.29. The fraction of sp³-hybridized carbons (Fsp3) is 0.455. The number of hydrogen-bond acceptors (Lipinski definition) is 3. The molecule has 0 radical (unpaired) electrons. The van der Waals surface area contributed by atoms with E-state index >= 15 is 0 Å². The highest BCUT2D eigenvalue weighted by Gasteiger charge is 2.35. The summed E-state index contributed by atoms with van der Waals surface area (Å²) in [6.07, 6.45) is 6.55. The second kappa shape index (κ2) is 5.98. The van der Waals surface area contributed by atoms with Gasteiger partial charge in [0.05, 0.1) is 12.3 Å². The number of nitriles is 1. The van der Waals surface area contributed by atoms with Gasteiger partial charge in [-0.2, -0.15) is 5.26 Å². The Bertz CT molecular complexity index is 286. The van der Waals surface area contributed by atoms with Crippen molar-refractivity contribution in [2.24, 2.45) is 5.41 Å². The molecule has 0 fully saturated rings. The monoisotopic (exact) mass is 193 g/mol. The van der Waals surface area contributed by atoms with Crippen molar-refractivity contribution in [1.82, 2.24) is 0 Å². The first-order valence-corrected chi connectivity index (χ1v) is 4.54. The minimum absolute atomic E-state index is 0.407. The normalized spacial score (nSPS) is 15.3. The number of hydrogen-bond donors (Lipinski definition) is 0. The lowest BCUT2D eigenvalue weighted by atomic mass is 9.86. The highest BCUT2D eigenvalue weighted by Crippen LogP contribution is 2.24. The zero-order valence-corrected chi connectivity index (χ0v) is 8.78. The van der Waals surface area contributed by atoms with Crippen molar-refractivity contribution in [2.45, 2.75) is 27.2 Å². The van der Waals surface area contributed by atoms with Crippen LogP contribution in [-0.2, 0) is 9.53 Å². The van der Waals surface area contributed by atoms with E-state index < -0.39 is 11.4 Å². The highest BCUT2D eigenvalue weighted by atomic mass is 16.5. The molecule has 14 heavy (non-hydrogen) atoms. The van der Waals surface area contributed by atoms with Crippen LogP contribution in [0, 0.1) is 16.7 Å². The molecule has 0 spiro atoms. The molecule has 0 aliphatic carbocycles. The lowest BCUT2D eigenvalue weighted by Crippen LogP contribution is -2.27. The van der Waals surface area contributed by atoms with E-state index in [0.29, 0.717) is 6.42 Å². The summed E-state index contributed by atoms with van der Waals surface area (Å²) in [4.78, 5) is 11.5. The van der Waals surface area contributed by atoms with Crippen LogP contribution in [0.5, 0.6) is 0 Å². The minimum atomic E-state index is -1.14. The maximum Gasteiger partial charge on any atom is 0.335 e. The predicted molar refractivity (Wildman–Crippen MR) is 54.1 cm³/mol. The molecule has 3 nitrogen and oxygen atoms in total. The predicted octanol–water partition coefficient (Wildman–Crippen LogP) is 2.56. The Hall–Kier alpha value is -1.56. The fourth-order valence-corrected chi connectivity index (χ4v) is 1.01. The van der Waals surface area contributed by atoms with Gasteiger partial charge in [-0.1, -0.05) is 25.2 Å². The van der Waals surface area contributed by atoms with Gasteiger partial charge in [0.2, 0.25) is 0 Å². The van der Waals surface area contributed by atoms with Gasteiger partial charge >= 0.3 is 5.97 Å². The molecule has 0 aliphatic rings. The van der Waals surface area contributed by atoms with Crippen LogP contribution in [0.1, 0.15) is 27.2 Å². The van der Waals surface area contributed by atoms with Crippen LogP contribution in [0.25, 0.3) is 0 Å². The van der Waals surface area contributed by atoms with Crippen molar-refractivity contribution in [2.75, 3.05) is 0 Å². The van der Waals surface area contributed by atoms with E-state index in [9.17, 15) is 4.79 Å². The Labute approximate surface area is 84.7 Å². The van der Waals surface area contributed by atoms with Gasteiger partial charge in [-0.3, -0.25) is 0 Å². The molecule has 0 aliphatic heterocycles. The lowest BCUT2D eigenvalue weighted by molar-refractivity contribution is -0.144. The van der Waals surface area contributed by atoms with Gasteiger partial charge in [0, 0.05) is 0 Å². The van der Waals surface area contributed by atoms with Crippen LogP contribution in [-0.4, -0.2) is 5.97 Å². The largest absolute Gasteiger partial charge is 0.433 e. The van der Waals surface area contributed by atoms with E-state index in [-0.39, 0.29) is 0 Å². The molecule has 0 amide bonds. The summed E-state index contributed by atoms with van der Waals surface area (Å²) in [5.74, 6) is -0.529. The maximum absolute atomic E-state index is 11.5. The summed E-state index contributed by atoms with van der Waals surface area (Å²) < 4.78 is 4.80. The summed E-state index contributed by atoms with van der Waals surface area (Å²) >= 11 is 0. The topological polar surface area (TPSA) is 50.1 Å². The molecule has 0 aromatic heterocycles. The molecule has 3 heteroatoms. The van der Waals surface area contributed by atoms with E-state index in [0.717, 1.165) is 0 Å².